The van der Waals surface area contributed by atoms with Gasteiger partial charge in [0.15, 0.2) is 0 Å². The molecule has 0 spiro atoms. The molecule has 1 heterocycles. The van der Waals surface area contributed by atoms with Crippen molar-refractivity contribution in [3.63, 3.8) is 0 Å². The van der Waals surface area contributed by atoms with E-state index in [1.807, 2.05) is 0 Å². The summed E-state index contributed by atoms with van der Waals surface area (Å²) >= 11 is 0. The van der Waals surface area contributed by atoms with Crippen LogP contribution < -0.4 is 10.5 Å². The Hall–Kier alpha value is -1.87. The summed E-state index contributed by atoms with van der Waals surface area (Å²) < 4.78 is 22.5. The molecule has 1 amide bonds. The summed E-state index contributed by atoms with van der Waals surface area (Å²) in [5.41, 5.74) is -0.0170. The van der Waals surface area contributed by atoms with Crippen molar-refractivity contribution in [3.05, 3.63) is 24.0 Å². The highest BCUT2D eigenvalue weighted by molar-refractivity contribution is 7.89. The average molecular weight is 275 g/mol. The lowest BCUT2D eigenvalue weighted by atomic mass is 10.4. The fourth-order valence-corrected chi connectivity index (χ4v) is 1.68. The molecule has 0 aliphatic rings. The van der Waals surface area contributed by atoms with Crippen molar-refractivity contribution >= 4 is 21.9 Å². The molecule has 1 rings (SSSR count). The number of rotatable bonds is 6. The summed E-state index contributed by atoms with van der Waals surface area (Å²) in [7, 11) is -3.62. The van der Waals surface area contributed by atoms with Gasteiger partial charge in [0.2, 0.25) is 15.9 Å². The maximum atomic E-state index is 11.4. The van der Waals surface area contributed by atoms with E-state index < -0.39 is 21.9 Å². The van der Waals surface area contributed by atoms with Crippen molar-refractivity contribution < 1.29 is 23.1 Å². The molecule has 0 aromatic carbocycles. The molecule has 0 bridgehead atoms. The van der Waals surface area contributed by atoms with Crippen LogP contribution in [0.15, 0.2) is 18.3 Å². The van der Waals surface area contributed by atoms with Gasteiger partial charge in [-0.15, -0.1) is 0 Å². The van der Waals surface area contributed by atoms with Gasteiger partial charge in [0.05, 0.1) is 5.75 Å². The van der Waals surface area contributed by atoms with E-state index >= 15 is 0 Å². The van der Waals surface area contributed by atoms with Crippen molar-refractivity contribution in [1.29, 1.82) is 0 Å². The molecule has 1 aromatic heterocycles. The Balaban J connectivity index is 2.50. The molecule has 0 saturated heterocycles. The van der Waals surface area contributed by atoms with Crippen LogP contribution >= 0.6 is 0 Å². The van der Waals surface area contributed by atoms with E-state index in [0.717, 1.165) is 0 Å². The first kappa shape index (κ1) is 14.2. The number of nitrogens with two attached hydrogens (primary N) is 1. The van der Waals surface area contributed by atoms with Gasteiger partial charge in [0, 0.05) is 12.7 Å². The van der Waals surface area contributed by atoms with Crippen LogP contribution in [0.2, 0.25) is 0 Å². The molecule has 9 heteroatoms. The van der Waals surface area contributed by atoms with Crippen LogP contribution in [0, 0.1) is 0 Å². The number of hydrogen-bond acceptors (Lipinski definition) is 4. The van der Waals surface area contributed by atoms with Gasteiger partial charge in [-0.05, 0) is 12.1 Å². The topological polar surface area (TPSA) is 131 Å². The van der Waals surface area contributed by atoms with Crippen molar-refractivity contribution in [1.82, 2.24) is 9.88 Å². The number of hydrogen-bond donors (Lipinski definition) is 3. The van der Waals surface area contributed by atoms with E-state index in [1.165, 1.54) is 22.9 Å². The highest BCUT2D eigenvalue weighted by atomic mass is 32.2. The fraction of sp³-hybridized carbons (Fsp3) is 0.333. The third kappa shape index (κ3) is 4.55. The number of aromatic nitrogens is 1. The van der Waals surface area contributed by atoms with Crippen molar-refractivity contribution in [3.8, 4) is 0 Å². The Kier molecular flexibility index (Phi) is 4.45. The second kappa shape index (κ2) is 5.65. The zero-order chi connectivity index (χ0) is 13.8. The number of aromatic carboxylic acids is 1. The van der Waals surface area contributed by atoms with Crippen LogP contribution in [0.3, 0.4) is 0 Å². The standard InChI is InChI=1S/C9H13N3O5S/c10-18(16,17)5-3-11-8(13)6-12-4-1-2-7(12)9(14)15/h1-2,4H,3,5-6H2,(H,11,13)(H,14,15)(H2,10,16,17). The quantitative estimate of drug-likeness (QED) is 0.587. The number of carboxylic acid groups (broad SMARTS) is 1. The maximum absolute atomic E-state index is 11.4. The van der Waals surface area contributed by atoms with E-state index in [4.69, 9.17) is 10.2 Å². The van der Waals surface area contributed by atoms with Gasteiger partial charge in [-0.2, -0.15) is 0 Å². The third-order valence-corrected chi connectivity index (χ3v) is 2.84. The van der Waals surface area contributed by atoms with E-state index in [9.17, 15) is 18.0 Å². The summed E-state index contributed by atoms with van der Waals surface area (Å²) in [4.78, 5) is 22.2. The SMILES string of the molecule is NS(=O)(=O)CCNC(=O)Cn1cccc1C(=O)O. The molecule has 0 atom stereocenters. The summed E-state index contributed by atoms with van der Waals surface area (Å²) in [6.07, 6.45) is 1.45. The van der Waals surface area contributed by atoms with Gasteiger partial charge in [0.1, 0.15) is 12.2 Å². The van der Waals surface area contributed by atoms with Crippen LogP contribution in [0.5, 0.6) is 0 Å². The molecule has 4 N–H and O–H groups in total. The number of amides is 1. The summed E-state index contributed by atoms with van der Waals surface area (Å²) in [5.74, 6) is -1.99. The average Bonchev–Trinajstić information content (AvgIpc) is 2.63. The second-order valence-corrected chi connectivity index (χ2v) is 5.28. The number of carboxylic acids is 1. The molecule has 18 heavy (non-hydrogen) atoms. The number of nitrogens with zero attached hydrogens (tertiary/aromatic N) is 1. The van der Waals surface area contributed by atoms with E-state index in [1.54, 1.807) is 0 Å². The third-order valence-electron chi connectivity index (χ3n) is 2.07. The van der Waals surface area contributed by atoms with Gasteiger partial charge >= 0.3 is 5.97 Å². The molecule has 0 unspecified atom stereocenters. The maximum Gasteiger partial charge on any atom is 0.352 e. The van der Waals surface area contributed by atoms with Crippen molar-refractivity contribution in [2.45, 2.75) is 6.54 Å². The first-order valence-corrected chi connectivity index (χ1v) is 6.67. The second-order valence-electron chi connectivity index (χ2n) is 3.54. The molecule has 0 saturated carbocycles. The summed E-state index contributed by atoms with van der Waals surface area (Å²) in [6, 6.07) is 2.86. The number of carbonyl (C=O) groups is 2. The molecular formula is C9H13N3O5S. The Morgan fingerprint density at radius 1 is 1.44 bits per heavy atom. The molecule has 0 aliphatic heterocycles. The normalized spacial score (nSPS) is 11.2. The van der Waals surface area contributed by atoms with E-state index in [0.29, 0.717) is 0 Å². The number of nitrogens with one attached hydrogen (secondary N) is 1. The van der Waals surface area contributed by atoms with Crippen LogP contribution in [0.25, 0.3) is 0 Å². The molecule has 1 aromatic rings. The molecule has 0 fully saturated rings. The minimum absolute atomic E-state index is 0.0170. The van der Waals surface area contributed by atoms with Crippen LogP contribution in [0.4, 0.5) is 0 Å². The highest BCUT2D eigenvalue weighted by Crippen LogP contribution is 2.01. The van der Waals surface area contributed by atoms with Crippen LogP contribution in [-0.2, 0) is 21.4 Å². The predicted octanol–water partition coefficient (Wildman–Crippen LogP) is -1.41. The molecule has 100 valence electrons. The van der Waals surface area contributed by atoms with Gasteiger partial charge in [0.25, 0.3) is 0 Å². The lowest BCUT2D eigenvalue weighted by Crippen LogP contribution is -2.33. The monoisotopic (exact) mass is 275 g/mol. The van der Waals surface area contributed by atoms with Gasteiger partial charge < -0.3 is 15.0 Å². The Labute approximate surface area is 103 Å². The van der Waals surface area contributed by atoms with Crippen molar-refractivity contribution in [2.75, 3.05) is 12.3 Å². The number of carbonyl (C=O) groups excluding carboxylic acids is 1. The molecule has 8 nitrogen and oxygen atoms in total. The Morgan fingerprint density at radius 3 is 2.67 bits per heavy atom. The molecule has 0 aliphatic carbocycles. The highest BCUT2D eigenvalue weighted by Gasteiger charge is 2.11. The molecule has 0 radical (unpaired) electrons. The lowest BCUT2D eigenvalue weighted by Gasteiger charge is -2.07. The van der Waals surface area contributed by atoms with E-state index in [2.05, 4.69) is 5.32 Å². The van der Waals surface area contributed by atoms with Gasteiger partial charge in [-0.3, -0.25) is 4.79 Å². The lowest BCUT2D eigenvalue weighted by molar-refractivity contribution is -0.121. The first-order chi connectivity index (χ1) is 8.29. The Morgan fingerprint density at radius 2 is 2.11 bits per heavy atom. The predicted molar refractivity (Wildman–Crippen MR) is 62.4 cm³/mol. The minimum Gasteiger partial charge on any atom is -0.477 e. The number of primary sulfonamides is 1. The van der Waals surface area contributed by atoms with Crippen LogP contribution in [-0.4, -0.2) is 42.3 Å². The number of sulfonamides is 1. The Bertz CT molecular complexity index is 548. The zero-order valence-electron chi connectivity index (χ0n) is 9.37. The summed E-state index contributed by atoms with van der Waals surface area (Å²) in [5, 5.41) is 15.9. The van der Waals surface area contributed by atoms with Gasteiger partial charge in [-0.25, -0.2) is 18.4 Å². The zero-order valence-corrected chi connectivity index (χ0v) is 10.2. The van der Waals surface area contributed by atoms with E-state index in [-0.39, 0.29) is 24.5 Å². The van der Waals surface area contributed by atoms with Crippen LogP contribution in [0.1, 0.15) is 10.5 Å². The smallest absolute Gasteiger partial charge is 0.352 e. The first-order valence-electron chi connectivity index (χ1n) is 4.95. The summed E-state index contributed by atoms with van der Waals surface area (Å²) in [6.45, 7) is -0.305. The fourth-order valence-electron chi connectivity index (χ4n) is 1.29. The molecular weight excluding hydrogens is 262 g/mol. The minimum atomic E-state index is -3.62. The largest absolute Gasteiger partial charge is 0.477 e. The van der Waals surface area contributed by atoms with Gasteiger partial charge in [-0.1, -0.05) is 0 Å². The van der Waals surface area contributed by atoms with Crippen molar-refractivity contribution in [2.24, 2.45) is 5.14 Å².